The predicted molar refractivity (Wildman–Crippen MR) is 57.7 cm³/mol. The Kier molecular flexibility index (Phi) is 4.14. The number of methoxy groups -OCH3 is 1. The van der Waals surface area contributed by atoms with Crippen molar-refractivity contribution in [2.45, 2.75) is 0 Å². The van der Waals surface area contributed by atoms with Gasteiger partial charge in [0.1, 0.15) is 12.3 Å². The molecule has 6 heteroatoms. The molecule has 0 saturated heterocycles. The quantitative estimate of drug-likeness (QED) is 0.709. The first-order valence-corrected chi connectivity index (χ1v) is 4.53. The molecule has 0 spiro atoms. The van der Waals surface area contributed by atoms with Crippen molar-refractivity contribution in [3.8, 4) is 5.75 Å². The van der Waals surface area contributed by atoms with Crippen LogP contribution in [0, 0.1) is 0 Å². The van der Waals surface area contributed by atoms with Crippen molar-refractivity contribution in [1.82, 2.24) is 5.32 Å². The van der Waals surface area contributed by atoms with Crippen molar-refractivity contribution in [3.05, 3.63) is 24.3 Å². The highest BCUT2D eigenvalue weighted by molar-refractivity contribution is 5.92. The number of anilines is 1. The molecule has 86 valence electrons. The molecule has 16 heavy (non-hydrogen) atoms. The summed E-state index contributed by atoms with van der Waals surface area (Å²) in [6, 6.07) is 6.24. The lowest BCUT2D eigenvalue weighted by molar-refractivity contribution is -0.135. The van der Waals surface area contributed by atoms with Gasteiger partial charge in [0.05, 0.1) is 12.8 Å². The minimum absolute atomic E-state index is 0.430. The van der Waals surface area contributed by atoms with Crippen molar-refractivity contribution in [2.24, 2.45) is 0 Å². The Morgan fingerprint density at radius 1 is 1.38 bits per heavy atom. The maximum absolute atomic E-state index is 11.2. The fraction of sp³-hybridized carbons (Fsp3) is 0.200. The van der Waals surface area contributed by atoms with Gasteiger partial charge in [-0.05, 0) is 12.1 Å². The molecule has 0 fully saturated rings. The first-order valence-electron chi connectivity index (χ1n) is 4.53. The fourth-order valence-corrected chi connectivity index (χ4v) is 1.07. The monoisotopic (exact) mass is 224 g/mol. The van der Waals surface area contributed by atoms with Gasteiger partial charge in [-0.3, -0.25) is 4.79 Å². The summed E-state index contributed by atoms with van der Waals surface area (Å²) in [4.78, 5) is 21.5. The van der Waals surface area contributed by atoms with Crippen LogP contribution in [0.15, 0.2) is 24.3 Å². The highest BCUT2D eigenvalue weighted by Crippen LogP contribution is 2.22. The molecule has 0 heterocycles. The molecule has 1 rings (SSSR count). The van der Waals surface area contributed by atoms with Gasteiger partial charge in [-0.25, -0.2) is 4.79 Å². The van der Waals surface area contributed by atoms with E-state index in [4.69, 9.17) is 9.84 Å². The summed E-state index contributed by atoms with van der Waals surface area (Å²) in [6.07, 6.45) is 0. The molecular weight excluding hydrogens is 212 g/mol. The molecule has 0 bridgehead atoms. The predicted octanol–water partition coefficient (Wildman–Crippen LogP) is 0.901. The third-order valence-electron chi connectivity index (χ3n) is 1.76. The average molecular weight is 224 g/mol. The summed E-state index contributed by atoms with van der Waals surface area (Å²) in [5.41, 5.74) is 0.480. The van der Waals surface area contributed by atoms with Gasteiger partial charge in [0.15, 0.2) is 0 Å². The highest BCUT2D eigenvalue weighted by Gasteiger charge is 2.06. The van der Waals surface area contributed by atoms with Gasteiger partial charge >= 0.3 is 12.0 Å². The molecular formula is C10H12N2O4. The van der Waals surface area contributed by atoms with E-state index < -0.39 is 18.5 Å². The summed E-state index contributed by atoms with van der Waals surface area (Å²) in [5.74, 6) is -0.594. The number of carboxylic acids is 1. The molecule has 0 aliphatic rings. The van der Waals surface area contributed by atoms with Gasteiger partial charge in [-0.2, -0.15) is 0 Å². The van der Waals surface area contributed by atoms with E-state index in [2.05, 4.69) is 10.6 Å². The highest BCUT2D eigenvalue weighted by atomic mass is 16.5. The van der Waals surface area contributed by atoms with Gasteiger partial charge in [-0.1, -0.05) is 12.1 Å². The van der Waals surface area contributed by atoms with E-state index in [1.165, 1.54) is 7.11 Å². The zero-order valence-corrected chi connectivity index (χ0v) is 8.69. The van der Waals surface area contributed by atoms with E-state index in [-0.39, 0.29) is 0 Å². The molecule has 6 nitrogen and oxygen atoms in total. The molecule has 2 amide bonds. The van der Waals surface area contributed by atoms with Gasteiger partial charge in [0.25, 0.3) is 0 Å². The number of aliphatic carboxylic acids is 1. The fourth-order valence-electron chi connectivity index (χ4n) is 1.07. The van der Waals surface area contributed by atoms with Crippen molar-refractivity contribution in [3.63, 3.8) is 0 Å². The van der Waals surface area contributed by atoms with E-state index in [1.54, 1.807) is 24.3 Å². The smallest absolute Gasteiger partial charge is 0.323 e. The largest absolute Gasteiger partial charge is 0.495 e. The Morgan fingerprint density at radius 2 is 2.06 bits per heavy atom. The number of hydrogen-bond donors (Lipinski definition) is 3. The molecule has 0 aromatic heterocycles. The Labute approximate surface area is 92.2 Å². The van der Waals surface area contributed by atoms with Gasteiger partial charge in [0, 0.05) is 0 Å². The zero-order chi connectivity index (χ0) is 12.0. The van der Waals surface area contributed by atoms with Crippen LogP contribution in [0.3, 0.4) is 0 Å². The number of para-hydroxylation sites is 2. The topological polar surface area (TPSA) is 87.7 Å². The molecule has 0 aliphatic carbocycles. The van der Waals surface area contributed by atoms with Crippen LogP contribution in [-0.4, -0.2) is 30.8 Å². The van der Waals surface area contributed by atoms with Crippen LogP contribution in [0.2, 0.25) is 0 Å². The number of carbonyl (C=O) groups excluding carboxylic acids is 1. The van der Waals surface area contributed by atoms with Crippen LogP contribution in [0.4, 0.5) is 10.5 Å². The lowest BCUT2D eigenvalue weighted by atomic mass is 10.3. The van der Waals surface area contributed by atoms with Crippen LogP contribution in [0.1, 0.15) is 0 Å². The SMILES string of the molecule is COc1ccccc1NC(=O)NCC(=O)O. The molecule has 1 aromatic rings. The van der Waals surface area contributed by atoms with Crippen LogP contribution in [0.25, 0.3) is 0 Å². The van der Waals surface area contributed by atoms with Crippen LogP contribution < -0.4 is 15.4 Å². The summed E-state index contributed by atoms with van der Waals surface area (Å²) in [5, 5.41) is 13.0. The summed E-state index contributed by atoms with van der Waals surface area (Å²) in [6.45, 7) is -0.430. The number of carboxylic acid groups (broad SMARTS) is 1. The van der Waals surface area contributed by atoms with E-state index in [1.807, 2.05) is 0 Å². The summed E-state index contributed by atoms with van der Waals surface area (Å²) < 4.78 is 5.01. The van der Waals surface area contributed by atoms with E-state index >= 15 is 0 Å². The first-order chi connectivity index (χ1) is 7.63. The molecule has 0 unspecified atom stereocenters. The van der Waals surface area contributed by atoms with Crippen LogP contribution in [0.5, 0.6) is 5.75 Å². The number of benzene rings is 1. The maximum Gasteiger partial charge on any atom is 0.323 e. The molecule has 0 saturated carbocycles. The second kappa shape index (κ2) is 5.59. The zero-order valence-electron chi connectivity index (χ0n) is 8.69. The minimum atomic E-state index is -1.10. The van der Waals surface area contributed by atoms with E-state index in [0.717, 1.165) is 0 Å². The third-order valence-corrected chi connectivity index (χ3v) is 1.76. The van der Waals surface area contributed by atoms with E-state index in [9.17, 15) is 9.59 Å². The number of ether oxygens (including phenoxy) is 1. The van der Waals surface area contributed by atoms with Crippen molar-refractivity contribution in [1.29, 1.82) is 0 Å². The van der Waals surface area contributed by atoms with Crippen molar-refractivity contribution in [2.75, 3.05) is 19.0 Å². The third kappa shape index (κ3) is 3.49. The number of carbonyl (C=O) groups is 2. The molecule has 1 aromatic carbocycles. The van der Waals surface area contributed by atoms with E-state index in [0.29, 0.717) is 11.4 Å². The second-order valence-corrected chi connectivity index (χ2v) is 2.90. The van der Waals surface area contributed by atoms with Crippen LogP contribution in [-0.2, 0) is 4.79 Å². The Morgan fingerprint density at radius 3 is 2.69 bits per heavy atom. The Hall–Kier alpha value is -2.24. The lowest BCUT2D eigenvalue weighted by Gasteiger charge is -2.09. The number of hydrogen-bond acceptors (Lipinski definition) is 3. The second-order valence-electron chi connectivity index (χ2n) is 2.90. The normalized spacial score (nSPS) is 9.31. The average Bonchev–Trinajstić information content (AvgIpc) is 2.27. The van der Waals surface area contributed by atoms with Gasteiger partial charge in [-0.15, -0.1) is 0 Å². The lowest BCUT2D eigenvalue weighted by Crippen LogP contribution is -2.33. The standard InChI is InChI=1S/C10H12N2O4/c1-16-8-5-3-2-4-7(8)12-10(15)11-6-9(13)14/h2-5H,6H2,1H3,(H,13,14)(H2,11,12,15). The maximum atomic E-state index is 11.2. The van der Waals surface area contributed by atoms with Gasteiger partial charge < -0.3 is 20.5 Å². The number of amides is 2. The number of urea groups is 1. The van der Waals surface area contributed by atoms with Crippen molar-refractivity contribution < 1.29 is 19.4 Å². The summed E-state index contributed by atoms with van der Waals surface area (Å²) in [7, 11) is 1.48. The Balaban J connectivity index is 2.58. The molecule has 3 N–H and O–H groups in total. The Bertz CT molecular complexity index is 392. The first kappa shape index (κ1) is 11.8. The van der Waals surface area contributed by atoms with Crippen molar-refractivity contribution >= 4 is 17.7 Å². The molecule has 0 radical (unpaired) electrons. The summed E-state index contributed by atoms with van der Waals surface area (Å²) >= 11 is 0. The van der Waals surface area contributed by atoms with Crippen LogP contribution >= 0.6 is 0 Å². The number of rotatable bonds is 4. The minimum Gasteiger partial charge on any atom is -0.495 e. The molecule has 0 atom stereocenters. The van der Waals surface area contributed by atoms with Gasteiger partial charge in [0.2, 0.25) is 0 Å². The number of nitrogens with one attached hydrogen (secondary N) is 2. The molecule has 0 aliphatic heterocycles.